The van der Waals surface area contributed by atoms with Crippen molar-refractivity contribution in [3.63, 3.8) is 0 Å². The Hall–Kier alpha value is -1.79. The molecule has 7 heteroatoms. The zero-order valence-electron chi connectivity index (χ0n) is 9.11. The quantitative estimate of drug-likeness (QED) is 0.488. The molecule has 0 saturated heterocycles. The lowest BCUT2D eigenvalue weighted by Crippen LogP contribution is -2.38. The Morgan fingerprint density at radius 1 is 1.65 bits per heavy atom. The maximum Gasteiger partial charge on any atom is 0.430 e. The summed E-state index contributed by atoms with van der Waals surface area (Å²) in [7, 11) is 0. The average Bonchev–Trinajstić information content (AvgIpc) is 2.71. The van der Waals surface area contributed by atoms with Crippen LogP contribution < -0.4 is 10.9 Å². The molecule has 1 amide bonds. The molecule has 17 heavy (non-hydrogen) atoms. The number of hydrazine groups is 1. The molecule has 2 rings (SSSR count). The summed E-state index contributed by atoms with van der Waals surface area (Å²) in [6, 6.07) is 5.13. The van der Waals surface area contributed by atoms with Crippen molar-refractivity contribution in [2.75, 3.05) is 11.6 Å². The van der Waals surface area contributed by atoms with Crippen molar-refractivity contribution in [2.24, 2.45) is 5.84 Å². The van der Waals surface area contributed by atoms with Gasteiger partial charge in [0.1, 0.15) is 0 Å². The zero-order chi connectivity index (χ0) is 12.4. The van der Waals surface area contributed by atoms with Crippen LogP contribution in [0.25, 0.3) is 10.9 Å². The van der Waals surface area contributed by atoms with Crippen molar-refractivity contribution in [1.29, 1.82) is 0 Å². The first kappa shape index (κ1) is 11.7. The van der Waals surface area contributed by atoms with Crippen LogP contribution in [0, 0.1) is 0 Å². The number of ether oxygens (including phenoxy) is 1. The molecule has 0 spiro atoms. The number of nitrogens with one attached hydrogen (secondary N) is 1. The molecule has 1 aromatic carbocycles. The second-order valence-electron chi connectivity index (χ2n) is 3.31. The van der Waals surface area contributed by atoms with Crippen molar-refractivity contribution in [1.82, 2.24) is 10.2 Å². The van der Waals surface area contributed by atoms with Gasteiger partial charge < -0.3 is 4.74 Å². The van der Waals surface area contributed by atoms with Gasteiger partial charge >= 0.3 is 6.09 Å². The number of hydrogen-bond donors (Lipinski definition) is 2. The number of anilines is 1. The second-order valence-corrected chi connectivity index (χ2v) is 3.74. The number of hydrogen-bond acceptors (Lipinski definition) is 4. The highest BCUT2D eigenvalue weighted by molar-refractivity contribution is 6.31. The van der Waals surface area contributed by atoms with E-state index in [0.29, 0.717) is 21.7 Å². The Kier molecular flexibility index (Phi) is 3.16. The molecule has 1 aromatic heterocycles. The molecule has 0 fully saturated rings. The predicted molar refractivity (Wildman–Crippen MR) is 64.8 cm³/mol. The third-order valence-electron chi connectivity index (χ3n) is 2.20. The number of aromatic amines is 1. The van der Waals surface area contributed by atoms with Crippen molar-refractivity contribution >= 4 is 34.4 Å². The van der Waals surface area contributed by atoms with Crippen LogP contribution in [-0.2, 0) is 4.74 Å². The lowest BCUT2D eigenvalue weighted by atomic mass is 10.2. The molecule has 0 unspecified atom stereocenters. The van der Waals surface area contributed by atoms with Crippen LogP contribution >= 0.6 is 11.6 Å². The molecule has 1 heterocycles. The molecule has 0 bridgehead atoms. The lowest BCUT2D eigenvalue weighted by Gasteiger charge is -2.12. The molecule has 3 N–H and O–H groups in total. The van der Waals surface area contributed by atoms with Crippen LogP contribution in [-0.4, -0.2) is 22.9 Å². The molecule has 0 aliphatic carbocycles. The summed E-state index contributed by atoms with van der Waals surface area (Å²) in [5.74, 6) is 5.92. The first-order chi connectivity index (χ1) is 8.13. The number of H-pyrrole nitrogens is 1. The lowest BCUT2D eigenvalue weighted by molar-refractivity contribution is 0.159. The standard InChI is InChI=1S/C10H11ClN4O2/c1-2-17-10(16)15(12)9-7-4-3-6(11)5-8(7)13-14-9/h3-5H,2,12H2,1H3,(H,13,14). The normalized spacial score (nSPS) is 10.5. The Morgan fingerprint density at radius 2 is 2.41 bits per heavy atom. The highest BCUT2D eigenvalue weighted by Gasteiger charge is 2.18. The average molecular weight is 255 g/mol. The van der Waals surface area contributed by atoms with Crippen molar-refractivity contribution in [3.8, 4) is 0 Å². The Morgan fingerprint density at radius 3 is 3.12 bits per heavy atom. The van der Waals surface area contributed by atoms with Gasteiger partial charge in [-0.1, -0.05) is 11.6 Å². The molecule has 0 saturated carbocycles. The largest absolute Gasteiger partial charge is 0.448 e. The minimum absolute atomic E-state index is 0.251. The van der Waals surface area contributed by atoms with E-state index in [-0.39, 0.29) is 6.61 Å². The van der Waals surface area contributed by atoms with Gasteiger partial charge in [-0.3, -0.25) is 5.10 Å². The number of nitrogens with two attached hydrogens (primary N) is 1. The molecular formula is C10H11ClN4O2. The van der Waals surface area contributed by atoms with Crippen LogP contribution in [0.2, 0.25) is 5.02 Å². The number of fused-ring (bicyclic) bond motifs is 1. The number of benzene rings is 1. The first-order valence-electron chi connectivity index (χ1n) is 4.98. The van der Waals surface area contributed by atoms with Gasteiger partial charge in [-0.2, -0.15) is 10.1 Å². The summed E-state index contributed by atoms with van der Waals surface area (Å²) in [6.07, 6.45) is -0.657. The van der Waals surface area contributed by atoms with Crippen LogP contribution in [0.4, 0.5) is 10.6 Å². The fourth-order valence-electron chi connectivity index (χ4n) is 1.44. The van der Waals surface area contributed by atoms with Gasteiger partial charge in [0.25, 0.3) is 0 Å². The number of rotatable bonds is 2. The van der Waals surface area contributed by atoms with Gasteiger partial charge in [0.2, 0.25) is 0 Å². The summed E-state index contributed by atoms with van der Waals surface area (Å²) in [6.45, 7) is 1.95. The van der Waals surface area contributed by atoms with E-state index in [1.165, 1.54) is 0 Å². The van der Waals surface area contributed by atoms with Gasteiger partial charge in [-0.25, -0.2) is 10.6 Å². The van der Waals surface area contributed by atoms with E-state index < -0.39 is 6.09 Å². The van der Waals surface area contributed by atoms with E-state index in [2.05, 4.69) is 10.2 Å². The van der Waals surface area contributed by atoms with Crippen LogP contribution in [0.5, 0.6) is 0 Å². The van der Waals surface area contributed by atoms with E-state index in [9.17, 15) is 4.79 Å². The summed E-state index contributed by atoms with van der Waals surface area (Å²) in [5, 5.41) is 8.83. The SMILES string of the molecule is CCOC(=O)N(N)c1n[nH]c2cc(Cl)ccc12. The predicted octanol–water partition coefficient (Wildman–Crippen LogP) is 2.05. The van der Waals surface area contributed by atoms with E-state index in [0.717, 1.165) is 5.01 Å². The maximum absolute atomic E-state index is 11.5. The van der Waals surface area contributed by atoms with Gasteiger partial charge in [0.15, 0.2) is 5.82 Å². The molecule has 90 valence electrons. The van der Waals surface area contributed by atoms with E-state index in [1.54, 1.807) is 25.1 Å². The zero-order valence-corrected chi connectivity index (χ0v) is 9.86. The molecule has 2 aromatic rings. The van der Waals surface area contributed by atoms with Crippen LogP contribution in [0.15, 0.2) is 18.2 Å². The number of amides is 1. The van der Waals surface area contributed by atoms with Gasteiger partial charge in [0, 0.05) is 10.4 Å². The minimum atomic E-state index is -0.657. The molecule has 0 aliphatic rings. The number of carbonyl (C=O) groups excluding carboxylic acids is 1. The monoisotopic (exact) mass is 254 g/mol. The number of nitrogens with zero attached hydrogens (tertiary/aromatic N) is 2. The Labute approximate surface area is 102 Å². The summed E-state index contributed by atoms with van der Waals surface area (Å²) >= 11 is 5.84. The summed E-state index contributed by atoms with van der Waals surface area (Å²) in [5.41, 5.74) is 0.701. The summed E-state index contributed by atoms with van der Waals surface area (Å²) < 4.78 is 4.78. The van der Waals surface area contributed by atoms with Crippen molar-refractivity contribution < 1.29 is 9.53 Å². The first-order valence-corrected chi connectivity index (χ1v) is 5.36. The Balaban J connectivity index is 2.39. The number of halogens is 1. The van der Waals surface area contributed by atoms with Crippen LogP contribution in [0.3, 0.4) is 0 Å². The third-order valence-corrected chi connectivity index (χ3v) is 2.43. The number of aromatic nitrogens is 2. The molecule has 0 aliphatic heterocycles. The topological polar surface area (TPSA) is 84.2 Å². The van der Waals surface area contributed by atoms with E-state index in [4.69, 9.17) is 22.2 Å². The highest BCUT2D eigenvalue weighted by Crippen LogP contribution is 2.25. The molecule has 6 nitrogen and oxygen atoms in total. The van der Waals surface area contributed by atoms with Gasteiger partial charge in [-0.15, -0.1) is 0 Å². The Bertz CT molecular complexity index is 554. The summed E-state index contributed by atoms with van der Waals surface area (Å²) in [4.78, 5) is 11.5. The second kappa shape index (κ2) is 4.60. The van der Waals surface area contributed by atoms with Gasteiger partial charge in [-0.05, 0) is 25.1 Å². The minimum Gasteiger partial charge on any atom is -0.448 e. The maximum atomic E-state index is 11.5. The van der Waals surface area contributed by atoms with Gasteiger partial charge in [0.05, 0.1) is 12.1 Å². The molecular weight excluding hydrogens is 244 g/mol. The highest BCUT2D eigenvalue weighted by atomic mass is 35.5. The smallest absolute Gasteiger partial charge is 0.430 e. The van der Waals surface area contributed by atoms with Crippen molar-refractivity contribution in [2.45, 2.75) is 6.92 Å². The fourth-order valence-corrected chi connectivity index (χ4v) is 1.61. The number of carbonyl (C=O) groups is 1. The van der Waals surface area contributed by atoms with Crippen LogP contribution in [0.1, 0.15) is 6.92 Å². The molecule has 0 atom stereocenters. The van der Waals surface area contributed by atoms with E-state index >= 15 is 0 Å². The fraction of sp³-hybridized carbons (Fsp3) is 0.200. The van der Waals surface area contributed by atoms with Crippen molar-refractivity contribution in [3.05, 3.63) is 23.2 Å². The van der Waals surface area contributed by atoms with E-state index in [1.807, 2.05) is 0 Å². The molecule has 0 radical (unpaired) electrons. The third kappa shape index (κ3) is 2.17.